The standard InChI is InChI=1S/C15H21BClFO3/c1-9(2)19-13-7-10(12(18)8-11(13)17)16-20-14(3,4)15(5,6)21-16/h7-9H,1-6H3. The highest BCUT2D eigenvalue weighted by atomic mass is 35.5. The molecule has 1 aliphatic heterocycles. The lowest BCUT2D eigenvalue weighted by atomic mass is 9.78. The maximum absolute atomic E-state index is 14.2. The van der Waals surface area contributed by atoms with Gasteiger partial charge in [-0.3, -0.25) is 0 Å². The molecule has 21 heavy (non-hydrogen) atoms. The molecule has 3 nitrogen and oxygen atoms in total. The lowest BCUT2D eigenvalue weighted by Gasteiger charge is -2.32. The molecule has 0 spiro atoms. The van der Waals surface area contributed by atoms with E-state index >= 15 is 0 Å². The summed E-state index contributed by atoms with van der Waals surface area (Å²) in [5.41, 5.74) is -0.750. The summed E-state index contributed by atoms with van der Waals surface area (Å²) in [6, 6.07) is 2.79. The van der Waals surface area contributed by atoms with E-state index in [1.165, 1.54) is 6.07 Å². The molecule has 1 aliphatic rings. The Morgan fingerprint density at radius 2 is 1.67 bits per heavy atom. The van der Waals surface area contributed by atoms with E-state index in [2.05, 4.69) is 0 Å². The largest absolute Gasteiger partial charge is 0.497 e. The van der Waals surface area contributed by atoms with Crippen molar-refractivity contribution < 1.29 is 18.4 Å². The Balaban J connectivity index is 2.37. The van der Waals surface area contributed by atoms with Crippen molar-refractivity contribution in [2.45, 2.75) is 58.8 Å². The van der Waals surface area contributed by atoms with E-state index in [9.17, 15) is 4.39 Å². The van der Waals surface area contributed by atoms with Gasteiger partial charge in [0.15, 0.2) is 0 Å². The average molecular weight is 315 g/mol. The van der Waals surface area contributed by atoms with Gasteiger partial charge >= 0.3 is 7.12 Å². The molecule has 1 heterocycles. The second-order valence-electron chi connectivity index (χ2n) is 6.56. The normalized spacial score (nSPS) is 20.1. The lowest BCUT2D eigenvalue weighted by molar-refractivity contribution is 0.00578. The van der Waals surface area contributed by atoms with Crippen molar-refractivity contribution >= 4 is 24.2 Å². The van der Waals surface area contributed by atoms with E-state index in [1.807, 2.05) is 41.5 Å². The highest BCUT2D eigenvalue weighted by molar-refractivity contribution is 6.62. The number of halogens is 2. The van der Waals surface area contributed by atoms with Crippen LogP contribution >= 0.6 is 11.6 Å². The van der Waals surface area contributed by atoms with Crippen molar-refractivity contribution in [3.63, 3.8) is 0 Å². The molecule has 0 bridgehead atoms. The first kappa shape index (κ1) is 16.6. The van der Waals surface area contributed by atoms with Gasteiger partial charge in [-0.05, 0) is 53.7 Å². The van der Waals surface area contributed by atoms with Gasteiger partial charge in [-0.15, -0.1) is 0 Å². The first-order valence-corrected chi connectivity index (χ1v) is 7.42. The summed E-state index contributed by atoms with van der Waals surface area (Å²) in [4.78, 5) is 0. The fourth-order valence-corrected chi connectivity index (χ4v) is 2.23. The van der Waals surface area contributed by atoms with Crippen LogP contribution in [0.2, 0.25) is 5.02 Å². The summed E-state index contributed by atoms with van der Waals surface area (Å²) < 4.78 is 31.6. The van der Waals surface area contributed by atoms with Gasteiger partial charge in [0.2, 0.25) is 0 Å². The molecule has 0 saturated carbocycles. The van der Waals surface area contributed by atoms with Crippen molar-refractivity contribution in [1.82, 2.24) is 0 Å². The second kappa shape index (κ2) is 5.45. The van der Waals surface area contributed by atoms with Crippen molar-refractivity contribution in [3.05, 3.63) is 23.0 Å². The molecule has 0 atom stereocenters. The van der Waals surface area contributed by atoms with Crippen LogP contribution in [0.5, 0.6) is 5.75 Å². The molecule has 1 aromatic rings. The van der Waals surface area contributed by atoms with Crippen molar-refractivity contribution in [3.8, 4) is 5.75 Å². The number of rotatable bonds is 3. The van der Waals surface area contributed by atoms with Crippen molar-refractivity contribution in [1.29, 1.82) is 0 Å². The summed E-state index contributed by atoms with van der Waals surface area (Å²) in [7, 11) is -0.776. The van der Waals surface area contributed by atoms with Crippen LogP contribution in [-0.4, -0.2) is 24.4 Å². The van der Waals surface area contributed by atoms with Crippen LogP contribution in [0.4, 0.5) is 4.39 Å². The quantitative estimate of drug-likeness (QED) is 0.798. The molecular weight excluding hydrogens is 293 g/mol. The predicted octanol–water partition coefficient (Wildman–Crippen LogP) is 3.57. The van der Waals surface area contributed by atoms with E-state index < -0.39 is 24.1 Å². The van der Waals surface area contributed by atoms with Crippen molar-refractivity contribution in [2.24, 2.45) is 0 Å². The van der Waals surface area contributed by atoms with Crippen LogP contribution < -0.4 is 10.2 Å². The minimum atomic E-state index is -0.776. The second-order valence-corrected chi connectivity index (χ2v) is 6.97. The number of hydrogen-bond donors (Lipinski definition) is 0. The fourth-order valence-electron chi connectivity index (χ4n) is 2.04. The lowest BCUT2D eigenvalue weighted by Crippen LogP contribution is -2.41. The van der Waals surface area contributed by atoms with Gasteiger partial charge in [0.25, 0.3) is 0 Å². The molecule has 1 aromatic carbocycles. The molecular formula is C15H21BClFO3. The minimum Gasteiger partial charge on any atom is -0.489 e. The van der Waals surface area contributed by atoms with Gasteiger partial charge in [-0.25, -0.2) is 4.39 Å². The number of ether oxygens (including phenoxy) is 1. The van der Waals surface area contributed by atoms with E-state index in [1.54, 1.807) is 6.07 Å². The van der Waals surface area contributed by atoms with Gasteiger partial charge in [-0.1, -0.05) is 11.6 Å². The van der Waals surface area contributed by atoms with Crippen LogP contribution in [0.15, 0.2) is 12.1 Å². The van der Waals surface area contributed by atoms with E-state index in [4.69, 9.17) is 25.6 Å². The maximum atomic E-state index is 14.2. The van der Waals surface area contributed by atoms with Crippen LogP contribution in [0, 0.1) is 5.82 Å². The Morgan fingerprint density at radius 3 is 2.14 bits per heavy atom. The molecule has 6 heteroatoms. The monoisotopic (exact) mass is 314 g/mol. The molecule has 0 amide bonds. The Labute approximate surface area is 130 Å². The van der Waals surface area contributed by atoms with E-state index in [0.717, 1.165) is 0 Å². The zero-order chi connectivity index (χ0) is 16.0. The topological polar surface area (TPSA) is 27.7 Å². The third-order valence-corrected chi connectivity index (χ3v) is 4.22. The van der Waals surface area contributed by atoms with Gasteiger partial charge in [0.1, 0.15) is 11.6 Å². The molecule has 2 rings (SSSR count). The summed E-state index contributed by atoms with van der Waals surface area (Å²) >= 11 is 6.02. The maximum Gasteiger partial charge on any atom is 0.497 e. The first-order chi connectivity index (χ1) is 9.53. The molecule has 0 unspecified atom stereocenters. The van der Waals surface area contributed by atoms with Gasteiger partial charge < -0.3 is 14.0 Å². The van der Waals surface area contributed by atoms with Crippen LogP contribution in [0.25, 0.3) is 0 Å². The molecule has 0 aliphatic carbocycles. The SMILES string of the molecule is CC(C)Oc1cc(B2OC(C)(C)C(C)(C)O2)c(F)cc1Cl. The number of hydrogen-bond acceptors (Lipinski definition) is 3. The predicted molar refractivity (Wildman–Crippen MR) is 82.9 cm³/mol. The molecule has 1 fully saturated rings. The highest BCUT2D eigenvalue weighted by Crippen LogP contribution is 2.37. The molecule has 0 aromatic heterocycles. The summed E-state index contributed by atoms with van der Waals surface area (Å²) in [5, 5.41) is 0.237. The van der Waals surface area contributed by atoms with E-state index in [-0.39, 0.29) is 11.1 Å². The summed E-state index contributed by atoms with van der Waals surface area (Å²) in [6.45, 7) is 11.5. The molecule has 0 radical (unpaired) electrons. The zero-order valence-corrected chi connectivity index (χ0v) is 14.0. The average Bonchev–Trinajstić information content (AvgIpc) is 2.51. The van der Waals surface area contributed by atoms with Crippen molar-refractivity contribution in [2.75, 3.05) is 0 Å². The zero-order valence-electron chi connectivity index (χ0n) is 13.3. The van der Waals surface area contributed by atoms with Gasteiger partial charge in [0.05, 0.1) is 22.3 Å². The Bertz CT molecular complexity index is 530. The van der Waals surface area contributed by atoms with Crippen LogP contribution in [-0.2, 0) is 9.31 Å². The Kier molecular flexibility index (Phi) is 4.31. The summed E-state index contributed by atoms with van der Waals surface area (Å²) in [5.74, 6) is -0.0348. The van der Waals surface area contributed by atoms with Gasteiger partial charge in [-0.2, -0.15) is 0 Å². The van der Waals surface area contributed by atoms with Crippen LogP contribution in [0.1, 0.15) is 41.5 Å². The van der Waals surface area contributed by atoms with Crippen LogP contribution in [0.3, 0.4) is 0 Å². The van der Waals surface area contributed by atoms with Gasteiger partial charge in [0, 0.05) is 5.46 Å². The van der Waals surface area contributed by atoms with E-state index in [0.29, 0.717) is 11.2 Å². The highest BCUT2D eigenvalue weighted by Gasteiger charge is 2.52. The Hall–Kier alpha value is -0.775. The first-order valence-electron chi connectivity index (χ1n) is 7.05. The molecule has 1 saturated heterocycles. The molecule has 116 valence electrons. The third kappa shape index (κ3) is 3.20. The molecule has 0 N–H and O–H groups in total. The third-order valence-electron chi connectivity index (χ3n) is 3.92. The number of benzene rings is 1. The Morgan fingerprint density at radius 1 is 1.14 bits per heavy atom. The fraction of sp³-hybridized carbons (Fsp3) is 0.600. The smallest absolute Gasteiger partial charge is 0.489 e. The summed E-state index contributed by atoms with van der Waals surface area (Å²) in [6.07, 6.45) is -0.0564. The minimum absolute atomic E-state index is 0.0564.